The standard InChI is InChI=1S/C18H38O2/c1-17(2,3)14-12-10-8-6-7-9-11-13-15-18(4,5)16(19)20/h16,19-20H,6-15H2,1-5H3. The Morgan fingerprint density at radius 3 is 1.30 bits per heavy atom. The largest absolute Gasteiger partial charge is 0.368 e. The Kier molecular flexibility index (Phi) is 9.74. The van der Waals surface area contributed by atoms with E-state index in [9.17, 15) is 10.2 Å². The Bertz CT molecular complexity index is 226. The molecular formula is C18H38O2. The lowest BCUT2D eigenvalue weighted by Crippen LogP contribution is -2.28. The minimum atomic E-state index is -1.19. The first-order valence-electron chi connectivity index (χ1n) is 8.51. The van der Waals surface area contributed by atoms with Gasteiger partial charge in [-0.2, -0.15) is 0 Å². The van der Waals surface area contributed by atoms with E-state index in [0.29, 0.717) is 5.41 Å². The van der Waals surface area contributed by atoms with Crippen LogP contribution in [0.25, 0.3) is 0 Å². The molecule has 0 aromatic carbocycles. The van der Waals surface area contributed by atoms with E-state index in [4.69, 9.17) is 0 Å². The summed E-state index contributed by atoms with van der Waals surface area (Å²) in [5.74, 6) is 0. The average molecular weight is 286 g/mol. The summed E-state index contributed by atoms with van der Waals surface area (Å²) in [4.78, 5) is 0. The summed E-state index contributed by atoms with van der Waals surface area (Å²) in [5.41, 5.74) is 0.136. The highest BCUT2D eigenvalue weighted by Gasteiger charge is 2.24. The van der Waals surface area contributed by atoms with Crippen LogP contribution in [0.1, 0.15) is 98.8 Å². The second-order valence-corrected chi connectivity index (χ2v) is 8.25. The van der Waals surface area contributed by atoms with Crippen molar-refractivity contribution in [3.05, 3.63) is 0 Å². The fourth-order valence-electron chi connectivity index (χ4n) is 2.43. The first-order valence-corrected chi connectivity index (χ1v) is 8.51. The van der Waals surface area contributed by atoms with Gasteiger partial charge in [0.25, 0.3) is 0 Å². The van der Waals surface area contributed by atoms with Crippen molar-refractivity contribution in [3.8, 4) is 0 Å². The van der Waals surface area contributed by atoms with Gasteiger partial charge in [0, 0.05) is 5.41 Å². The third kappa shape index (κ3) is 11.7. The minimum absolute atomic E-state index is 0.354. The third-order valence-electron chi connectivity index (χ3n) is 4.20. The van der Waals surface area contributed by atoms with Crippen molar-refractivity contribution < 1.29 is 10.2 Å². The molecule has 2 nitrogen and oxygen atoms in total. The molecule has 0 aromatic rings. The molecular weight excluding hydrogens is 248 g/mol. The van der Waals surface area contributed by atoms with E-state index in [-0.39, 0.29) is 5.41 Å². The van der Waals surface area contributed by atoms with Crippen molar-refractivity contribution >= 4 is 0 Å². The SMILES string of the molecule is CC(C)(C)CCCCCCCCCCC(C)(C)C(O)O. The molecule has 0 spiro atoms. The smallest absolute Gasteiger partial charge is 0.156 e. The molecule has 0 saturated heterocycles. The van der Waals surface area contributed by atoms with Gasteiger partial charge in [-0.1, -0.05) is 86.0 Å². The summed E-state index contributed by atoms with van der Waals surface area (Å²) in [5, 5.41) is 18.4. The molecule has 2 heteroatoms. The maximum absolute atomic E-state index is 9.22. The quantitative estimate of drug-likeness (QED) is 0.401. The van der Waals surface area contributed by atoms with Crippen molar-refractivity contribution in [1.29, 1.82) is 0 Å². The molecule has 0 aliphatic rings. The molecule has 0 aliphatic heterocycles. The highest BCUT2D eigenvalue weighted by molar-refractivity contribution is 4.70. The summed E-state index contributed by atoms with van der Waals surface area (Å²) in [6.45, 7) is 10.8. The van der Waals surface area contributed by atoms with Crippen LogP contribution in [0.5, 0.6) is 0 Å². The Morgan fingerprint density at radius 2 is 0.950 bits per heavy atom. The van der Waals surface area contributed by atoms with E-state index >= 15 is 0 Å². The van der Waals surface area contributed by atoms with Crippen molar-refractivity contribution in [2.24, 2.45) is 10.8 Å². The van der Waals surface area contributed by atoms with E-state index in [1.807, 2.05) is 13.8 Å². The van der Waals surface area contributed by atoms with Crippen LogP contribution in [0.4, 0.5) is 0 Å². The minimum Gasteiger partial charge on any atom is -0.368 e. The molecule has 0 aromatic heterocycles. The number of hydrogen-bond acceptors (Lipinski definition) is 2. The Hall–Kier alpha value is -0.0800. The number of rotatable bonds is 11. The Balaban J connectivity index is 3.30. The van der Waals surface area contributed by atoms with Gasteiger partial charge in [0.15, 0.2) is 6.29 Å². The van der Waals surface area contributed by atoms with Gasteiger partial charge < -0.3 is 10.2 Å². The molecule has 0 heterocycles. The maximum Gasteiger partial charge on any atom is 0.156 e. The van der Waals surface area contributed by atoms with E-state index in [1.54, 1.807) is 0 Å². The lowest BCUT2D eigenvalue weighted by Gasteiger charge is -2.26. The van der Waals surface area contributed by atoms with E-state index < -0.39 is 6.29 Å². The molecule has 0 saturated carbocycles. The summed E-state index contributed by atoms with van der Waals surface area (Å²) in [6, 6.07) is 0. The molecule has 0 fully saturated rings. The molecule has 0 radical (unpaired) electrons. The highest BCUT2D eigenvalue weighted by Crippen LogP contribution is 2.27. The van der Waals surface area contributed by atoms with Crippen molar-refractivity contribution in [3.63, 3.8) is 0 Å². The van der Waals surface area contributed by atoms with Gasteiger partial charge in [-0.15, -0.1) is 0 Å². The van der Waals surface area contributed by atoms with Crippen LogP contribution >= 0.6 is 0 Å². The molecule has 20 heavy (non-hydrogen) atoms. The van der Waals surface area contributed by atoms with Crippen LogP contribution in [0.2, 0.25) is 0 Å². The van der Waals surface area contributed by atoms with Gasteiger partial charge in [-0.3, -0.25) is 0 Å². The van der Waals surface area contributed by atoms with Crippen LogP contribution in [-0.4, -0.2) is 16.5 Å². The fourth-order valence-corrected chi connectivity index (χ4v) is 2.43. The van der Waals surface area contributed by atoms with Crippen LogP contribution < -0.4 is 0 Å². The summed E-state index contributed by atoms with van der Waals surface area (Å²) in [6.07, 6.45) is 11.5. The van der Waals surface area contributed by atoms with Crippen LogP contribution in [0.15, 0.2) is 0 Å². The van der Waals surface area contributed by atoms with Crippen molar-refractivity contribution in [2.45, 2.75) is 105 Å². The predicted molar refractivity (Wildman–Crippen MR) is 87.6 cm³/mol. The summed E-state index contributed by atoms with van der Waals surface area (Å²) < 4.78 is 0. The Labute approximate surface area is 127 Å². The van der Waals surface area contributed by atoms with Crippen LogP contribution in [-0.2, 0) is 0 Å². The molecule has 2 N–H and O–H groups in total. The van der Waals surface area contributed by atoms with Gasteiger partial charge >= 0.3 is 0 Å². The molecule has 0 unspecified atom stereocenters. The zero-order valence-corrected chi connectivity index (χ0v) is 14.5. The Morgan fingerprint density at radius 1 is 0.600 bits per heavy atom. The van der Waals surface area contributed by atoms with Crippen molar-refractivity contribution in [1.82, 2.24) is 0 Å². The number of unbranched alkanes of at least 4 members (excludes halogenated alkanes) is 7. The zero-order valence-electron chi connectivity index (χ0n) is 14.5. The van der Waals surface area contributed by atoms with Gasteiger partial charge in [-0.05, 0) is 18.3 Å². The lowest BCUT2D eigenvalue weighted by atomic mass is 9.86. The summed E-state index contributed by atoms with van der Waals surface area (Å²) in [7, 11) is 0. The van der Waals surface area contributed by atoms with Gasteiger partial charge in [0.2, 0.25) is 0 Å². The fraction of sp³-hybridized carbons (Fsp3) is 1.00. The monoisotopic (exact) mass is 286 g/mol. The van der Waals surface area contributed by atoms with E-state index in [1.165, 1.54) is 51.4 Å². The van der Waals surface area contributed by atoms with Crippen LogP contribution in [0, 0.1) is 10.8 Å². The number of hydrogen-bond donors (Lipinski definition) is 2. The molecule has 122 valence electrons. The van der Waals surface area contributed by atoms with Gasteiger partial charge in [0.1, 0.15) is 0 Å². The third-order valence-corrected chi connectivity index (χ3v) is 4.20. The lowest BCUT2D eigenvalue weighted by molar-refractivity contribution is -0.124. The van der Waals surface area contributed by atoms with Gasteiger partial charge in [0.05, 0.1) is 0 Å². The molecule has 0 aliphatic carbocycles. The maximum atomic E-state index is 9.22. The van der Waals surface area contributed by atoms with E-state index in [0.717, 1.165) is 12.8 Å². The normalized spacial score (nSPS) is 13.2. The first-order chi connectivity index (χ1) is 9.15. The predicted octanol–water partition coefficient (Wildman–Crippen LogP) is 5.27. The molecule has 0 atom stereocenters. The molecule has 0 amide bonds. The molecule has 0 bridgehead atoms. The number of aliphatic hydroxyl groups excluding tert-OH is 1. The zero-order chi connectivity index (χ0) is 15.6. The summed E-state index contributed by atoms with van der Waals surface area (Å²) >= 11 is 0. The van der Waals surface area contributed by atoms with E-state index in [2.05, 4.69) is 20.8 Å². The number of aliphatic hydroxyl groups is 2. The van der Waals surface area contributed by atoms with Gasteiger partial charge in [-0.25, -0.2) is 0 Å². The second-order valence-electron chi connectivity index (χ2n) is 8.25. The van der Waals surface area contributed by atoms with Crippen LogP contribution in [0.3, 0.4) is 0 Å². The highest BCUT2D eigenvalue weighted by atomic mass is 16.5. The molecule has 0 rings (SSSR count). The average Bonchev–Trinajstić information content (AvgIpc) is 2.29. The first kappa shape index (κ1) is 19.9. The topological polar surface area (TPSA) is 40.5 Å². The second kappa shape index (κ2) is 9.78. The van der Waals surface area contributed by atoms with Crippen molar-refractivity contribution in [2.75, 3.05) is 0 Å².